The van der Waals surface area contributed by atoms with Crippen molar-refractivity contribution in [3.05, 3.63) is 83.7 Å². The SMILES string of the molecule is Cc1c(-c2ccc(F)cc2)[nH]c2ccc(S(=O)(=O)Nc3ccc(C(=O)O)cc3)cc12. The lowest BCUT2D eigenvalue weighted by Gasteiger charge is -2.09. The molecule has 0 unspecified atom stereocenters. The van der Waals surface area contributed by atoms with Gasteiger partial charge in [0.1, 0.15) is 5.82 Å². The van der Waals surface area contributed by atoms with E-state index in [9.17, 15) is 17.6 Å². The molecule has 0 atom stereocenters. The first-order chi connectivity index (χ1) is 14.2. The van der Waals surface area contributed by atoms with Gasteiger partial charge in [0.2, 0.25) is 0 Å². The molecule has 0 bridgehead atoms. The van der Waals surface area contributed by atoms with Gasteiger partial charge in [-0.1, -0.05) is 0 Å². The maximum absolute atomic E-state index is 13.2. The molecule has 0 amide bonds. The first kappa shape index (κ1) is 19.7. The predicted octanol–water partition coefficient (Wildman–Crippen LogP) is 4.78. The molecule has 4 rings (SSSR count). The molecule has 0 spiro atoms. The molecule has 4 aromatic rings. The Kier molecular flexibility index (Phi) is 4.79. The number of H-pyrrole nitrogens is 1. The zero-order valence-corrected chi connectivity index (χ0v) is 16.6. The van der Waals surface area contributed by atoms with Crippen molar-refractivity contribution in [3.63, 3.8) is 0 Å². The van der Waals surface area contributed by atoms with E-state index in [1.165, 1.54) is 42.5 Å². The summed E-state index contributed by atoms with van der Waals surface area (Å²) >= 11 is 0. The minimum Gasteiger partial charge on any atom is -0.478 e. The van der Waals surface area contributed by atoms with E-state index in [0.717, 1.165) is 27.7 Å². The van der Waals surface area contributed by atoms with Gasteiger partial charge >= 0.3 is 5.97 Å². The Bertz CT molecular complexity index is 1360. The minimum atomic E-state index is -3.88. The number of carbonyl (C=O) groups is 1. The zero-order chi connectivity index (χ0) is 21.5. The molecule has 1 heterocycles. The van der Waals surface area contributed by atoms with Crippen LogP contribution in [0, 0.1) is 12.7 Å². The third kappa shape index (κ3) is 3.65. The van der Waals surface area contributed by atoms with Crippen molar-refractivity contribution >= 4 is 32.6 Å². The number of halogens is 1. The third-order valence-electron chi connectivity index (χ3n) is 4.86. The fraction of sp³-hybridized carbons (Fsp3) is 0.0455. The predicted molar refractivity (Wildman–Crippen MR) is 113 cm³/mol. The molecule has 30 heavy (non-hydrogen) atoms. The van der Waals surface area contributed by atoms with Crippen LogP contribution in [0.2, 0.25) is 0 Å². The summed E-state index contributed by atoms with van der Waals surface area (Å²) in [6.45, 7) is 1.87. The summed E-state index contributed by atoms with van der Waals surface area (Å²) in [6, 6.07) is 16.2. The van der Waals surface area contributed by atoms with Gasteiger partial charge in [-0.2, -0.15) is 0 Å². The molecule has 152 valence electrons. The van der Waals surface area contributed by atoms with Crippen LogP contribution in [-0.2, 0) is 10.0 Å². The smallest absolute Gasteiger partial charge is 0.335 e. The molecule has 1 aromatic heterocycles. The number of hydrogen-bond donors (Lipinski definition) is 3. The van der Waals surface area contributed by atoms with Crippen molar-refractivity contribution in [1.29, 1.82) is 0 Å². The van der Waals surface area contributed by atoms with Crippen LogP contribution in [0.15, 0.2) is 71.6 Å². The highest BCUT2D eigenvalue weighted by molar-refractivity contribution is 7.92. The van der Waals surface area contributed by atoms with Crippen LogP contribution in [0.5, 0.6) is 0 Å². The van der Waals surface area contributed by atoms with E-state index in [-0.39, 0.29) is 22.0 Å². The molecule has 3 aromatic carbocycles. The molecule has 3 N–H and O–H groups in total. The van der Waals surface area contributed by atoms with Gasteiger partial charge in [-0.05, 0) is 84.8 Å². The summed E-state index contributed by atoms with van der Waals surface area (Å²) in [5, 5.41) is 9.69. The molecule has 0 aliphatic heterocycles. The van der Waals surface area contributed by atoms with Gasteiger partial charge in [-0.3, -0.25) is 4.72 Å². The third-order valence-corrected chi connectivity index (χ3v) is 6.24. The van der Waals surface area contributed by atoms with Gasteiger partial charge in [0, 0.05) is 22.3 Å². The summed E-state index contributed by atoms with van der Waals surface area (Å²) < 4.78 is 41.3. The lowest BCUT2D eigenvalue weighted by molar-refractivity contribution is 0.0697. The Labute approximate surface area is 172 Å². The number of benzene rings is 3. The second-order valence-electron chi connectivity index (χ2n) is 6.83. The second kappa shape index (κ2) is 7.31. The van der Waals surface area contributed by atoms with E-state index in [2.05, 4.69) is 9.71 Å². The molecule has 0 aliphatic rings. The number of aromatic nitrogens is 1. The van der Waals surface area contributed by atoms with Crippen molar-refractivity contribution in [2.24, 2.45) is 0 Å². The standard InChI is InChI=1S/C22H17FN2O4S/c1-13-19-12-18(30(28,29)25-17-8-4-15(5-9-17)22(26)27)10-11-20(19)24-21(13)14-2-6-16(23)7-3-14/h2-12,24-25H,1H3,(H,26,27). The number of anilines is 1. The quantitative estimate of drug-likeness (QED) is 0.429. The Morgan fingerprint density at radius 2 is 1.67 bits per heavy atom. The number of carboxylic acids is 1. The van der Waals surface area contributed by atoms with Crippen LogP contribution in [0.25, 0.3) is 22.2 Å². The molecule has 0 saturated carbocycles. The first-order valence-electron chi connectivity index (χ1n) is 8.99. The number of hydrogen-bond acceptors (Lipinski definition) is 3. The van der Waals surface area contributed by atoms with Gasteiger partial charge < -0.3 is 10.1 Å². The minimum absolute atomic E-state index is 0.0654. The van der Waals surface area contributed by atoms with Crippen molar-refractivity contribution in [3.8, 4) is 11.3 Å². The van der Waals surface area contributed by atoms with Gasteiger partial charge in [0.25, 0.3) is 10.0 Å². The van der Waals surface area contributed by atoms with Crippen LogP contribution in [0.3, 0.4) is 0 Å². The number of carboxylic acid groups (broad SMARTS) is 1. The summed E-state index contributed by atoms with van der Waals surface area (Å²) in [5.41, 5.74) is 3.52. The lowest BCUT2D eigenvalue weighted by Crippen LogP contribution is -2.13. The fourth-order valence-corrected chi connectivity index (χ4v) is 4.36. The molecule has 0 radical (unpaired) electrons. The zero-order valence-electron chi connectivity index (χ0n) is 15.8. The maximum atomic E-state index is 13.2. The Morgan fingerprint density at radius 3 is 2.30 bits per heavy atom. The van der Waals surface area contributed by atoms with E-state index >= 15 is 0 Å². The molecule has 0 aliphatic carbocycles. The monoisotopic (exact) mass is 424 g/mol. The van der Waals surface area contributed by atoms with Crippen LogP contribution in [-0.4, -0.2) is 24.5 Å². The summed E-state index contributed by atoms with van der Waals surface area (Å²) in [6.07, 6.45) is 0. The van der Waals surface area contributed by atoms with Crippen LogP contribution in [0.1, 0.15) is 15.9 Å². The number of sulfonamides is 1. The number of nitrogens with one attached hydrogen (secondary N) is 2. The normalized spacial score (nSPS) is 11.5. The Morgan fingerprint density at radius 1 is 1.00 bits per heavy atom. The summed E-state index contributed by atoms with van der Waals surface area (Å²) in [5.74, 6) is -1.42. The van der Waals surface area contributed by atoms with E-state index in [0.29, 0.717) is 0 Å². The fourth-order valence-electron chi connectivity index (χ4n) is 3.27. The van der Waals surface area contributed by atoms with Crippen molar-refractivity contribution in [1.82, 2.24) is 4.98 Å². The van der Waals surface area contributed by atoms with E-state index in [4.69, 9.17) is 5.11 Å². The average molecular weight is 424 g/mol. The topological polar surface area (TPSA) is 99.3 Å². The Hall–Kier alpha value is -3.65. The number of aromatic amines is 1. The summed E-state index contributed by atoms with van der Waals surface area (Å²) in [7, 11) is -3.88. The van der Waals surface area contributed by atoms with Crippen molar-refractivity contribution in [2.45, 2.75) is 11.8 Å². The molecule has 0 saturated heterocycles. The van der Waals surface area contributed by atoms with Crippen LogP contribution >= 0.6 is 0 Å². The van der Waals surface area contributed by atoms with E-state index in [1.807, 2.05) is 6.92 Å². The second-order valence-corrected chi connectivity index (χ2v) is 8.51. The molecular formula is C22H17FN2O4S. The number of aromatic carboxylic acids is 1. The molecule has 8 heteroatoms. The van der Waals surface area contributed by atoms with Gasteiger partial charge in [0.05, 0.1) is 10.5 Å². The number of fused-ring (bicyclic) bond motifs is 1. The number of aryl methyl sites for hydroxylation is 1. The highest BCUT2D eigenvalue weighted by Gasteiger charge is 2.18. The summed E-state index contributed by atoms with van der Waals surface area (Å²) in [4.78, 5) is 14.3. The van der Waals surface area contributed by atoms with E-state index < -0.39 is 16.0 Å². The Balaban J connectivity index is 1.69. The molecule has 0 fully saturated rings. The van der Waals surface area contributed by atoms with Crippen LogP contribution < -0.4 is 4.72 Å². The lowest BCUT2D eigenvalue weighted by atomic mass is 10.1. The van der Waals surface area contributed by atoms with Crippen molar-refractivity contribution < 1.29 is 22.7 Å². The maximum Gasteiger partial charge on any atom is 0.335 e. The highest BCUT2D eigenvalue weighted by atomic mass is 32.2. The molecular weight excluding hydrogens is 407 g/mol. The van der Waals surface area contributed by atoms with E-state index in [1.54, 1.807) is 24.3 Å². The van der Waals surface area contributed by atoms with Gasteiger partial charge in [-0.25, -0.2) is 17.6 Å². The number of rotatable bonds is 5. The van der Waals surface area contributed by atoms with Crippen LogP contribution in [0.4, 0.5) is 10.1 Å². The average Bonchev–Trinajstić information content (AvgIpc) is 3.05. The molecule has 6 nitrogen and oxygen atoms in total. The van der Waals surface area contributed by atoms with Crippen molar-refractivity contribution in [2.75, 3.05) is 4.72 Å². The first-order valence-corrected chi connectivity index (χ1v) is 10.5. The largest absolute Gasteiger partial charge is 0.478 e. The highest BCUT2D eigenvalue weighted by Crippen LogP contribution is 2.31. The van der Waals surface area contributed by atoms with Gasteiger partial charge in [0.15, 0.2) is 0 Å². The van der Waals surface area contributed by atoms with Gasteiger partial charge in [-0.15, -0.1) is 0 Å².